The van der Waals surface area contributed by atoms with Crippen molar-refractivity contribution < 1.29 is 4.79 Å². The van der Waals surface area contributed by atoms with Crippen LogP contribution in [0.25, 0.3) is 0 Å². The summed E-state index contributed by atoms with van der Waals surface area (Å²) in [5.74, 6) is 0.725. The molecule has 1 fully saturated rings. The first-order valence-electron chi connectivity index (χ1n) is 3.49. The third-order valence-corrected chi connectivity index (χ3v) is 4.31. The Labute approximate surface area is 83.5 Å². The predicted molar refractivity (Wildman–Crippen MR) is 52.8 cm³/mol. The van der Waals surface area contributed by atoms with Crippen molar-refractivity contribution in [1.29, 1.82) is 0 Å². The first kappa shape index (κ1) is 9.46. The maximum Gasteiger partial charge on any atom is 0.139 e. The van der Waals surface area contributed by atoms with E-state index in [1.54, 1.807) is 0 Å². The van der Waals surface area contributed by atoms with Gasteiger partial charge in [0.1, 0.15) is 5.78 Å². The molecule has 1 aliphatic carbocycles. The summed E-state index contributed by atoms with van der Waals surface area (Å²) in [6.07, 6.45) is 0.676. The third-order valence-electron chi connectivity index (χ3n) is 2.42. The molecule has 0 spiro atoms. The van der Waals surface area contributed by atoms with Crippen LogP contribution < -0.4 is 0 Å². The summed E-state index contributed by atoms with van der Waals surface area (Å²) < 4.78 is 1.09. The molecule has 0 amide bonds. The van der Waals surface area contributed by atoms with E-state index in [9.17, 15) is 4.79 Å². The van der Waals surface area contributed by atoms with E-state index in [0.717, 1.165) is 4.48 Å². The fourth-order valence-corrected chi connectivity index (χ4v) is 2.34. The van der Waals surface area contributed by atoms with Crippen LogP contribution in [-0.4, -0.2) is 5.78 Å². The third kappa shape index (κ3) is 1.45. The van der Waals surface area contributed by atoms with Crippen molar-refractivity contribution in [3.05, 3.63) is 9.47 Å². The normalized spacial score (nSPS) is 30.0. The monoisotopic (exact) mass is 280 g/mol. The SMILES string of the molecule is CC1(C)C(=O)CC1C(Br)=CBr. The van der Waals surface area contributed by atoms with Gasteiger partial charge in [-0.25, -0.2) is 0 Å². The molecule has 1 saturated carbocycles. The van der Waals surface area contributed by atoms with E-state index in [1.807, 2.05) is 18.8 Å². The number of rotatable bonds is 1. The molecule has 0 aliphatic heterocycles. The Morgan fingerprint density at radius 1 is 1.73 bits per heavy atom. The second-order valence-electron chi connectivity index (χ2n) is 3.40. The maximum atomic E-state index is 11.1. The van der Waals surface area contributed by atoms with Crippen LogP contribution >= 0.6 is 31.9 Å². The molecule has 1 rings (SSSR count). The largest absolute Gasteiger partial charge is 0.299 e. The van der Waals surface area contributed by atoms with E-state index in [0.29, 0.717) is 18.1 Å². The van der Waals surface area contributed by atoms with Crippen LogP contribution in [0.3, 0.4) is 0 Å². The minimum absolute atomic E-state index is 0.164. The first-order chi connectivity index (χ1) is 5.00. The quantitative estimate of drug-likeness (QED) is 0.721. The lowest BCUT2D eigenvalue weighted by Gasteiger charge is -2.42. The number of hydrogen-bond donors (Lipinski definition) is 0. The van der Waals surface area contributed by atoms with Crippen molar-refractivity contribution in [3.8, 4) is 0 Å². The fraction of sp³-hybridized carbons (Fsp3) is 0.625. The standard InChI is InChI=1S/C8H10Br2O/c1-8(2)5(3-7(8)11)6(10)4-9/h4-5H,3H2,1-2H3. The van der Waals surface area contributed by atoms with Crippen LogP contribution in [0.2, 0.25) is 0 Å². The molecule has 0 aromatic rings. The average molecular weight is 282 g/mol. The van der Waals surface area contributed by atoms with E-state index in [2.05, 4.69) is 31.9 Å². The molecule has 0 N–H and O–H groups in total. The molecular weight excluding hydrogens is 272 g/mol. The highest BCUT2D eigenvalue weighted by molar-refractivity contribution is 9.14. The van der Waals surface area contributed by atoms with Gasteiger partial charge in [0.05, 0.1) is 0 Å². The van der Waals surface area contributed by atoms with Gasteiger partial charge in [-0.3, -0.25) is 4.79 Å². The van der Waals surface area contributed by atoms with Crippen molar-refractivity contribution in [2.24, 2.45) is 11.3 Å². The molecule has 3 heteroatoms. The topological polar surface area (TPSA) is 17.1 Å². The average Bonchev–Trinajstić information content (AvgIpc) is 1.98. The molecule has 1 unspecified atom stereocenters. The molecule has 0 heterocycles. The van der Waals surface area contributed by atoms with Gasteiger partial charge in [-0.2, -0.15) is 0 Å². The van der Waals surface area contributed by atoms with Gasteiger partial charge in [-0.1, -0.05) is 45.7 Å². The van der Waals surface area contributed by atoms with Gasteiger partial charge < -0.3 is 0 Å². The van der Waals surface area contributed by atoms with Gasteiger partial charge in [0.25, 0.3) is 0 Å². The molecular formula is C8H10Br2O. The molecule has 0 saturated heterocycles. The first-order valence-corrected chi connectivity index (χ1v) is 5.20. The molecule has 0 radical (unpaired) electrons. The van der Waals surface area contributed by atoms with E-state index in [1.165, 1.54) is 0 Å². The number of carbonyl (C=O) groups excluding carboxylic acids is 1. The Kier molecular flexibility index (Phi) is 2.59. The Hall–Kier alpha value is 0.370. The highest BCUT2D eigenvalue weighted by Crippen LogP contribution is 2.48. The van der Waals surface area contributed by atoms with Crippen molar-refractivity contribution in [1.82, 2.24) is 0 Å². The molecule has 1 atom stereocenters. The lowest BCUT2D eigenvalue weighted by molar-refractivity contribution is -0.139. The van der Waals surface area contributed by atoms with Gasteiger partial charge in [-0.05, 0) is 4.99 Å². The summed E-state index contributed by atoms with van der Waals surface area (Å²) in [7, 11) is 0. The summed E-state index contributed by atoms with van der Waals surface area (Å²) in [4.78, 5) is 13.0. The summed E-state index contributed by atoms with van der Waals surface area (Å²) in [5.41, 5.74) is -0.164. The molecule has 62 valence electrons. The maximum absolute atomic E-state index is 11.1. The minimum atomic E-state index is -0.164. The predicted octanol–water partition coefficient (Wildman–Crippen LogP) is 3.23. The number of ketones is 1. The number of allylic oxidation sites excluding steroid dienone is 1. The Morgan fingerprint density at radius 3 is 2.55 bits per heavy atom. The highest BCUT2D eigenvalue weighted by Gasteiger charge is 2.48. The van der Waals surface area contributed by atoms with Crippen molar-refractivity contribution in [2.45, 2.75) is 20.3 Å². The van der Waals surface area contributed by atoms with Crippen LogP contribution in [0.15, 0.2) is 9.47 Å². The smallest absolute Gasteiger partial charge is 0.139 e. The van der Waals surface area contributed by atoms with Crippen molar-refractivity contribution in [2.75, 3.05) is 0 Å². The van der Waals surface area contributed by atoms with Crippen LogP contribution in [0.4, 0.5) is 0 Å². The number of Topliss-reactive ketones (excluding diaryl/α,β-unsaturated/α-hetero) is 1. The van der Waals surface area contributed by atoms with Gasteiger partial charge in [0.15, 0.2) is 0 Å². The summed E-state index contributed by atoms with van der Waals surface area (Å²) in [6, 6.07) is 0. The van der Waals surface area contributed by atoms with E-state index in [-0.39, 0.29) is 5.41 Å². The molecule has 11 heavy (non-hydrogen) atoms. The van der Waals surface area contributed by atoms with E-state index < -0.39 is 0 Å². The van der Waals surface area contributed by atoms with Crippen molar-refractivity contribution in [3.63, 3.8) is 0 Å². The van der Waals surface area contributed by atoms with Gasteiger partial charge in [-0.15, -0.1) is 0 Å². The van der Waals surface area contributed by atoms with Gasteiger partial charge in [0.2, 0.25) is 0 Å². The summed E-state index contributed by atoms with van der Waals surface area (Å²) >= 11 is 6.66. The number of hydrogen-bond acceptors (Lipinski definition) is 1. The number of carbonyl (C=O) groups is 1. The summed E-state index contributed by atoms with van der Waals surface area (Å²) in [6.45, 7) is 3.97. The second-order valence-corrected chi connectivity index (χ2v) is 4.77. The van der Waals surface area contributed by atoms with Crippen LogP contribution in [-0.2, 0) is 4.79 Å². The molecule has 1 aliphatic rings. The zero-order chi connectivity index (χ0) is 8.65. The Morgan fingerprint density at radius 2 is 2.27 bits per heavy atom. The van der Waals surface area contributed by atoms with Gasteiger partial charge in [0, 0.05) is 22.2 Å². The lowest BCUT2D eigenvalue weighted by atomic mass is 9.61. The number of halogens is 2. The molecule has 1 nitrogen and oxygen atoms in total. The van der Waals surface area contributed by atoms with Gasteiger partial charge >= 0.3 is 0 Å². The van der Waals surface area contributed by atoms with Crippen molar-refractivity contribution >= 4 is 37.6 Å². The Balaban J connectivity index is 2.75. The molecule has 0 aromatic heterocycles. The zero-order valence-corrected chi connectivity index (χ0v) is 9.70. The van der Waals surface area contributed by atoms with Crippen LogP contribution in [0.5, 0.6) is 0 Å². The van der Waals surface area contributed by atoms with E-state index >= 15 is 0 Å². The molecule has 0 bridgehead atoms. The van der Waals surface area contributed by atoms with E-state index in [4.69, 9.17) is 0 Å². The highest BCUT2D eigenvalue weighted by atomic mass is 79.9. The zero-order valence-electron chi connectivity index (χ0n) is 6.53. The fourth-order valence-electron chi connectivity index (χ4n) is 1.29. The second kappa shape index (κ2) is 3.02. The molecule has 0 aromatic carbocycles. The van der Waals surface area contributed by atoms with Crippen LogP contribution in [0, 0.1) is 11.3 Å². The minimum Gasteiger partial charge on any atom is -0.299 e. The Bertz CT molecular complexity index is 218. The lowest BCUT2D eigenvalue weighted by Crippen LogP contribution is -2.45. The van der Waals surface area contributed by atoms with Crippen LogP contribution in [0.1, 0.15) is 20.3 Å². The summed E-state index contributed by atoms with van der Waals surface area (Å²) in [5, 5.41) is 0.